The van der Waals surface area contributed by atoms with Gasteiger partial charge in [0.1, 0.15) is 6.20 Å². The zero-order valence-corrected chi connectivity index (χ0v) is 19.0. The number of quaternary nitrogens is 2. The van der Waals surface area contributed by atoms with Gasteiger partial charge in [0.15, 0.2) is 19.1 Å². The number of hydrogen-bond donors (Lipinski definition) is 3. The van der Waals surface area contributed by atoms with Crippen molar-refractivity contribution >= 4 is 23.7 Å². The highest BCUT2D eigenvalue weighted by molar-refractivity contribution is 5.84. The topological polar surface area (TPSA) is 124 Å². The Kier molecular flexibility index (Phi) is 12.1. The number of unbranched alkanes of at least 4 members (excludes halogenated alkanes) is 5. The lowest BCUT2D eigenvalue weighted by Gasteiger charge is -2.34. The number of aliphatic imine (C=N–C) groups is 1. The summed E-state index contributed by atoms with van der Waals surface area (Å²) in [5.74, 6) is -2.14. The number of hydrogen-bond acceptors (Lipinski definition) is 4. The number of carboxylic acids is 3. The summed E-state index contributed by atoms with van der Waals surface area (Å²) in [4.78, 5) is 36.8. The van der Waals surface area contributed by atoms with Crippen molar-refractivity contribution < 1.29 is 38.7 Å². The zero-order chi connectivity index (χ0) is 23.4. The van der Waals surface area contributed by atoms with E-state index in [4.69, 9.17) is 10.2 Å². The van der Waals surface area contributed by atoms with E-state index >= 15 is 0 Å². The van der Waals surface area contributed by atoms with Crippen molar-refractivity contribution in [2.45, 2.75) is 64.8 Å². The van der Waals surface area contributed by atoms with Crippen molar-refractivity contribution in [3.8, 4) is 0 Å². The number of rotatable bonds is 13. The Morgan fingerprint density at radius 2 is 1.57 bits per heavy atom. The summed E-state index contributed by atoms with van der Waals surface area (Å²) in [5.41, 5.74) is 0. The molecule has 9 heteroatoms. The number of amidine groups is 1. The van der Waals surface area contributed by atoms with Crippen LogP contribution in [0.1, 0.15) is 58.8 Å². The molecule has 0 aromatic heterocycles. The van der Waals surface area contributed by atoms with Crippen LogP contribution in [0.5, 0.6) is 0 Å². The summed E-state index contributed by atoms with van der Waals surface area (Å²) in [6.45, 7) is 3.61. The Bertz CT molecular complexity index is 639. The van der Waals surface area contributed by atoms with Crippen molar-refractivity contribution in [3.63, 3.8) is 0 Å². The fraction of sp³-hybridized carbons (Fsp3) is 0.714. The fourth-order valence-corrected chi connectivity index (χ4v) is 3.23. The van der Waals surface area contributed by atoms with E-state index in [1.54, 1.807) is 6.20 Å². The third-order valence-electron chi connectivity index (χ3n) is 4.85. The van der Waals surface area contributed by atoms with Gasteiger partial charge in [0.25, 0.3) is 0 Å². The van der Waals surface area contributed by atoms with Gasteiger partial charge in [-0.05, 0) is 13.3 Å². The Labute approximate surface area is 179 Å². The van der Waals surface area contributed by atoms with Crippen molar-refractivity contribution in [3.05, 3.63) is 12.4 Å². The Morgan fingerprint density at radius 3 is 2.00 bits per heavy atom. The number of carboxylic acid groups (broad SMARTS) is 3. The van der Waals surface area contributed by atoms with Crippen LogP contribution in [0.3, 0.4) is 0 Å². The number of carbonyl (C=O) groups is 3. The molecule has 0 fully saturated rings. The van der Waals surface area contributed by atoms with E-state index < -0.39 is 23.9 Å². The number of likely N-dealkylation sites (N-methyl/N-ethyl adjacent to an activating group) is 1. The molecule has 0 saturated heterocycles. The quantitative estimate of drug-likeness (QED) is 0.305. The normalized spacial score (nSPS) is 18.9. The van der Waals surface area contributed by atoms with Crippen molar-refractivity contribution in [2.24, 2.45) is 4.99 Å². The molecule has 2 atom stereocenters. The van der Waals surface area contributed by atoms with Crippen LogP contribution >= 0.6 is 0 Å². The lowest BCUT2D eigenvalue weighted by Crippen LogP contribution is -2.58. The smallest absolute Gasteiger partial charge is 0.363 e. The maximum Gasteiger partial charge on any atom is 0.363 e. The van der Waals surface area contributed by atoms with Crippen LogP contribution in [0.2, 0.25) is 0 Å². The third-order valence-corrected chi connectivity index (χ3v) is 4.85. The summed E-state index contributed by atoms with van der Waals surface area (Å²) in [6.07, 6.45) is 10.6. The van der Waals surface area contributed by atoms with Gasteiger partial charge in [-0.15, -0.1) is 0 Å². The first-order chi connectivity index (χ1) is 13.9. The van der Waals surface area contributed by atoms with Gasteiger partial charge in [0, 0.05) is 6.42 Å². The molecule has 3 N–H and O–H groups in total. The highest BCUT2D eigenvalue weighted by Crippen LogP contribution is 2.25. The summed E-state index contributed by atoms with van der Waals surface area (Å²) >= 11 is 0. The van der Waals surface area contributed by atoms with Gasteiger partial charge in [-0.1, -0.05) is 39.0 Å². The molecule has 0 spiro atoms. The molecule has 172 valence electrons. The van der Waals surface area contributed by atoms with Crippen molar-refractivity contribution in [1.29, 1.82) is 0 Å². The number of nitrogens with zero attached hydrogens (tertiary/aromatic N) is 3. The first kappa shape index (κ1) is 27.7. The van der Waals surface area contributed by atoms with Crippen LogP contribution in [-0.2, 0) is 14.4 Å². The average Bonchev–Trinajstić information content (AvgIpc) is 2.98. The van der Waals surface area contributed by atoms with E-state index in [2.05, 4.69) is 11.9 Å². The van der Waals surface area contributed by atoms with Gasteiger partial charge in [-0.25, -0.2) is 23.9 Å². The summed E-state index contributed by atoms with van der Waals surface area (Å²) in [6, 6.07) is -0.853. The largest absolute Gasteiger partial charge is 0.477 e. The van der Waals surface area contributed by atoms with Crippen LogP contribution in [0.4, 0.5) is 0 Å². The summed E-state index contributed by atoms with van der Waals surface area (Å²) in [5, 5.41) is 26.7. The number of aliphatic carboxylic acids is 3. The van der Waals surface area contributed by atoms with Crippen LogP contribution in [0.25, 0.3) is 0 Å². The second kappa shape index (κ2) is 13.1. The van der Waals surface area contributed by atoms with Gasteiger partial charge >= 0.3 is 17.9 Å². The Hall–Kier alpha value is -2.26. The third kappa shape index (κ3) is 10.5. The van der Waals surface area contributed by atoms with E-state index in [0.717, 1.165) is 19.3 Å². The van der Waals surface area contributed by atoms with Gasteiger partial charge in [-0.2, -0.15) is 0 Å². The van der Waals surface area contributed by atoms with E-state index in [1.807, 2.05) is 21.1 Å². The van der Waals surface area contributed by atoms with Crippen LogP contribution in [0, 0.1) is 0 Å². The van der Waals surface area contributed by atoms with E-state index in [1.165, 1.54) is 32.4 Å². The molecular formula is C21H39N3O6+2. The predicted octanol–water partition coefficient (Wildman–Crippen LogP) is 2.77. The first-order valence-electron chi connectivity index (χ1n) is 10.4. The highest BCUT2D eigenvalue weighted by atomic mass is 16.4. The van der Waals surface area contributed by atoms with Gasteiger partial charge < -0.3 is 19.8 Å². The van der Waals surface area contributed by atoms with Gasteiger partial charge in [0.2, 0.25) is 5.84 Å². The average molecular weight is 430 g/mol. The summed E-state index contributed by atoms with van der Waals surface area (Å²) < 4.78 is 0.287. The maximum absolute atomic E-state index is 11.4. The molecular weight excluding hydrogens is 390 g/mol. The minimum atomic E-state index is -1.02. The molecule has 1 aliphatic heterocycles. The molecule has 1 rings (SSSR count). The summed E-state index contributed by atoms with van der Waals surface area (Å²) in [7, 11) is 5.52. The Balaban J connectivity index is 0.000000890. The molecule has 30 heavy (non-hydrogen) atoms. The second-order valence-electron chi connectivity index (χ2n) is 8.70. The van der Waals surface area contributed by atoms with Crippen LogP contribution < -0.4 is 0 Å². The predicted molar refractivity (Wildman–Crippen MR) is 115 cm³/mol. The molecule has 1 aliphatic rings. The molecule has 0 radical (unpaired) electrons. The lowest BCUT2D eigenvalue weighted by atomic mass is 10.1. The van der Waals surface area contributed by atoms with Gasteiger partial charge in [-0.3, -0.25) is 0 Å². The van der Waals surface area contributed by atoms with E-state index in [0.29, 0.717) is 16.7 Å². The highest BCUT2D eigenvalue weighted by Gasteiger charge is 2.45. The molecule has 2 unspecified atom stereocenters. The molecule has 0 bridgehead atoms. The maximum atomic E-state index is 11.4. The molecule has 0 aliphatic carbocycles. The second-order valence-corrected chi connectivity index (χ2v) is 8.70. The molecule has 0 aromatic rings. The monoisotopic (exact) mass is 429 g/mol. The first-order valence-corrected chi connectivity index (χ1v) is 10.4. The van der Waals surface area contributed by atoms with Crippen molar-refractivity contribution in [1.82, 2.24) is 0 Å². The van der Waals surface area contributed by atoms with Crippen LogP contribution in [-0.4, -0.2) is 88.3 Å². The van der Waals surface area contributed by atoms with E-state index in [9.17, 15) is 19.5 Å². The molecule has 9 nitrogen and oxygen atoms in total. The molecule has 0 amide bonds. The molecule has 1 heterocycles. The standard InChI is InChI=1S/C16H26N2O4.C5H11NO2/c1-3-4-5-6-7-8-9-14-17-10-11-18(14,12-15(19)20)13(2)16(21)22;1-6(2,3)4-5(7)8/h10-11,13H,3-9,12H2,1-2H3,(H-,19,20,21,22);4H2,1-3H3/p+2. The van der Waals surface area contributed by atoms with Gasteiger partial charge in [0.05, 0.1) is 27.3 Å². The lowest BCUT2D eigenvalue weighted by molar-refractivity contribution is -0.862. The molecule has 0 saturated carbocycles. The van der Waals surface area contributed by atoms with Crippen LogP contribution in [0.15, 0.2) is 17.4 Å². The van der Waals surface area contributed by atoms with Crippen molar-refractivity contribution in [2.75, 3.05) is 34.2 Å². The van der Waals surface area contributed by atoms with E-state index in [-0.39, 0.29) is 17.6 Å². The SMILES string of the molecule is CCCCCCCCC1=NC=C[N+]1(CC(=O)O)C(C)C(=O)O.C[N+](C)(C)CC(=O)O. The zero-order valence-electron chi connectivity index (χ0n) is 19.0. The minimum absolute atomic E-state index is 0.181. The minimum Gasteiger partial charge on any atom is -0.477 e. The molecule has 0 aromatic carbocycles. The Morgan fingerprint density at radius 1 is 1.00 bits per heavy atom. The fourth-order valence-electron chi connectivity index (χ4n) is 3.23.